The third kappa shape index (κ3) is 3.90. The standard InChI is InChI=1S/C26H29FN6/c1-17-12-32(25-7-4-18(11-29)9-19(25)3-2-8-28)16-26-22-6-5-21(10-20(22)13-33(17)26)31-14-23(27)24(30)15-31/h2-10,17,23-24,26,28H,12-16,30H2,1H3/b3-2-,28-8?/t17-,23-,24-,26-/m1/s1. The highest BCUT2D eigenvalue weighted by molar-refractivity contribution is 5.80. The van der Waals surface area contributed by atoms with Crippen molar-refractivity contribution in [1.29, 1.82) is 10.7 Å². The van der Waals surface area contributed by atoms with E-state index in [1.165, 1.54) is 17.3 Å². The quantitative estimate of drug-likeness (QED) is 0.706. The minimum absolute atomic E-state index is 0.280. The number of hydrogen-bond acceptors (Lipinski definition) is 6. The number of nitriles is 1. The van der Waals surface area contributed by atoms with Gasteiger partial charge in [0.1, 0.15) is 6.17 Å². The summed E-state index contributed by atoms with van der Waals surface area (Å²) >= 11 is 0. The first kappa shape index (κ1) is 21.6. The van der Waals surface area contributed by atoms with Gasteiger partial charge in [-0.1, -0.05) is 12.1 Å². The zero-order valence-corrected chi connectivity index (χ0v) is 18.8. The van der Waals surface area contributed by atoms with E-state index < -0.39 is 12.2 Å². The van der Waals surface area contributed by atoms with Crippen LogP contribution >= 0.6 is 0 Å². The van der Waals surface area contributed by atoms with Crippen LogP contribution in [0, 0.1) is 16.7 Å². The predicted molar refractivity (Wildman–Crippen MR) is 130 cm³/mol. The number of hydrogen-bond donors (Lipinski definition) is 2. The van der Waals surface area contributed by atoms with Crippen LogP contribution in [0.1, 0.15) is 35.2 Å². The van der Waals surface area contributed by atoms with Crippen LogP contribution in [0.25, 0.3) is 6.08 Å². The van der Waals surface area contributed by atoms with Crippen molar-refractivity contribution in [2.24, 2.45) is 5.73 Å². The summed E-state index contributed by atoms with van der Waals surface area (Å²) in [5.74, 6) is 0. The fraction of sp³-hybridized carbons (Fsp3) is 0.385. The molecule has 2 aromatic rings. The van der Waals surface area contributed by atoms with Crippen molar-refractivity contribution in [3.05, 3.63) is 64.7 Å². The Morgan fingerprint density at radius 3 is 2.70 bits per heavy atom. The van der Waals surface area contributed by atoms with E-state index in [0.717, 1.165) is 36.6 Å². The van der Waals surface area contributed by atoms with E-state index in [4.69, 9.17) is 11.1 Å². The van der Waals surface area contributed by atoms with Gasteiger partial charge in [0, 0.05) is 49.8 Å². The Bertz CT molecular complexity index is 1130. The Balaban J connectivity index is 1.43. The number of rotatable bonds is 4. The van der Waals surface area contributed by atoms with Crippen molar-refractivity contribution in [1.82, 2.24) is 4.90 Å². The Morgan fingerprint density at radius 2 is 1.97 bits per heavy atom. The van der Waals surface area contributed by atoms with Gasteiger partial charge in [0.25, 0.3) is 0 Å². The van der Waals surface area contributed by atoms with Gasteiger partial charge in [-0.25, -0.2) is 4.39 Å². The third-order valence-electron chi connectivity index (χ3n) is 7.21. The summed E-state index contributed by atoms with van der Waals surface area (Å²) < 4.78 is 14.0. The second kappa shape index (κ2) is 8.62. The molecule has 3 aliphatic heterocycles. The van der Waals surface area contributed by atoms with Gasteiger partial charge in [0.15, 0.2) is 0 Å². The maximum absolute atomic E-state index is 14.0. The first-order valence-electron chi connectivity index (χ1n) is 11.5. The number of halogens is 1. The number of nitrogens with zero attached hydrogens (tertiary/aromatic N) is 4. The van der Waals surface area contributed by atoms with Gasteiger partial charge in [-0.3, -0.25) is 4.90 Å². The number of nitrogens with two attached hydrogens (primary N) is 1. The van der Waals surface area contributed by atoms with Crippen LogP contribution in [0.15, 0.2) is 42.5 Å². The monoisotopic (exact) mass is 444 g/mol. The Hall–Kier alpha value is -3.21. The lowest BCUT2D eigenvalue weighted by Crippen LogP contribution is -2.51. The molecule has 0 aromatic heterocycles. The van der Waals surface area contributed by atoms with Crippen molar-refractivity contribution in [3.63, 3.8) is 0 Å². The zero-order valence-electron chi connectivity index (χ0n) is 18.8. The zero-order chi connectivity index (χ0) is 23.1. The summed E-state index contributed by atoms with van der Waals surface area (Å²) in [5.41, 5.74) is 12.3. The van der Waals surface area contributed by atoms with Gasteiger partial charge in [0.05, 0.1) is 30.3 Å². The molecule has 0 radical (unpaired) electrons. The maximum atomic E-state index is 14.0. The van der Waals surface area contributed by atoms with Crippen LogP contribution in [0.3, 0.4) is 0 Å². The lowest BCUT2D eigenvalue weighted by atomic mass is 9.99. The predicted octanol–water partition coefficient (Wildman–Crippen LogP) is 3.47. The summed E-state index contributed by atoms with van der Waals surface area (Å²) in [4.78, 5) is 7.00. The molecule has 170 valence electrons. The molecule has 5 rings (SSSR count). The van der Waals surface area contributed by atoms with E-state index in [1.807, 2.05) is 24.3 Å². The number of alkyl halides is 1. The smallest absolute Gasteiger partial charge is 0.134 e. The van der Waals surface area contributed by atoms with Gasteiger partial charge in [-0.05, 0) is 60.0 Å². The lowest BCUT2D eigenvalue weighted by molar-refractivity contribution is 0.134. The van der Waals surface area contributed by atoms with Crippen LogP contribution in [0.2, 0.25) is 0 Å². The van der Waals surface area contributed by atoms with Crippen molar-refractivity contribution in [3.8, 4) is 6.07 Å². The number of allylic oxidation sites excluding steroid dienone is 1. The summed E-state index contributed by atoms with van der Waals surface area (Å²) in [6.07, 6.45) is 3.88. The molecule has 0 unspecified atom stereocenters. The van der Waals surface area contributed by atoms with Gasteiger partial charge >= 0.3 is 0 Å². The van der Waals surface area contributed by atoms with Gasteiger partial charge < -0.3 is 20.9 Å². The molecule has 2 aromatic carbocycles. The fourth-order valence-corrected chi connectivity index (χ4v) is 5.50. The summed E-state index contributed by atoms with van der Waals surface area (Å²) in [7, 11) is 0. The van der Waals surface area contributed by atoms with Crippen LogP contribution in [-0.4, -0.2) is 55.5 Å². The largest absolute Gasteiger partial charge is 0.368 e. The topological polar surface area (TPSA) is 83.4 Å². The van der Waals surface area contributed by atoms with Crippen LogP contribution in [-0.2, 0) is 6.54 Å². The third-order valence-corrected chi connectivity index (χ3v) is 7.21. The minimum atomic E-state index is -0.971. The van der Waals surface area contributed by atoms with Crippen molar-refractivity contribution < 1.29 is 4.39 Å². The molecule has 0 bridgehead atoms. The molecule has 6 nitrogen and oxygen atoms in total. The minimum Gasteiger partial charge on any atom is -0.368 e. The lowest BCUT2D eigenvalue weighted by Gasteiger charge is -2.44. The van der Waals surface area contributed by atoms with E-state index in [-0.39, 0.29) is 6.04 Å². The van der Waals surface area contributed by atoms with E-state index in [2.05, 4.69) is 45.9 Å². The number of nitrogens with one attached hydrogen (secondary N) is 1. The molecule has 3 N–H and O–H groups in total. The summed E-state index contributed by atoms with van der Waals surface area (Å²) in [6.45, 7) is 5.82. The molecule has 7 heteroatoms. The molecule has 3 heterocycles. The summed E-state index contributed by atoms with van der Waals surface area (Å²) in [5, 5.41) is 16.7. The van der Waals surface area contributed by atoms with E-state index >= 15 is 0 Å². The van der Waals surface area contributed by atoms with Gasteiger partial charge in [-0.15, -0.1) is 0 Å². The highest BCUT2D eigenvalue weighted by atomic mass is 19.1. The molecule has 3 aliphatic rings. The number of piperazine rings is 1. The average molecular weight is 445 g/mol. The molecule has 0 saturated carbocycles. The molecule has 2 saturated heterocycles. The van der Waals surface area contributed by atoms with Crippen LogP contribution < -0.4 is 15.5 Å². The highest BCUT2D eigenvalue weighted by Crippen LogP contribution is 2.42. The molecular weight excluding hydrogens is 415 g/mol. The van der Waals surface area contributed by atoms with Crippen molar-refractivity contribution in [2.45, 2.75) is 37.8 Å². The van der Waals surface area contributed by atoms with Gasteiger partial charge in [-0.2, -0.15) is 5.26 Å². The number of anilines is 2. The van der Waals surface area contributed by atoms with Crippen LogP contribution in [0.5, 0.6) is 0 Å². The van der Waals surface area contributed by atoms with E-state index in [9.17, 15) is 9.65 Å². The molecule has 0 amide bonds. The molecule has 0 spiro atoms. The maximum Gasteiger partial charge on any atom is 0.134 e. The highest BCUT2D eigenvalue weighted by Gasteiger charge is 2.40. The number of fused-ring (bicyclic) bond motifs is 3. The summed E-state index contributed by atoms with van der Waals surface area (Å²) in [6, 6.07) is 14.7. The van der Waals surface area contributed by atoms with E-state index in [1.54, 1.807) is 6.08 Å². The van der Waals surface area contributed by atoms with Crippen molar-refractivity contribution >= 4 is 23.7 Å². The van der Waals surface area contributed by atoms with E-state index in [0.29, 0.717) is 24.7 Å². The Morgan fingerprint density at radius 1 is 1.12 bits per heavy atom. The first-order chi connectivity index (χ1) is 16.0. The Labute approximate surface area is 194 Å². The normalized spacial score (nSPS) is 27.0. The molecule has 33 heavy (non-hydrogen) atoms. The average Bonchev–Trinajstić information content (AvgIpc) is 3.36. The van der Waals surface area contributed by atoms with Crippen molar-refractivity contribution in [2.75, 3.05) is 36.0 Å². The molecule has 2 fully saturated rings. The molecular formula is C26H29FN6. The van der Waals surface area contributed by atoms with Gasteiger partial charge in [0.2, 0.25) is 0 Å². The molecule has 0 aliphatic carbocycles. The second-order valence-electron chi connectivity index (χ2n) is 9.32. The molecule has 4 atom stereocenters. The fourth-order valence-electron chi connectivity index (χ4n) is 5.50. The number of benzene rings is 2. The Kier molecular flexibility index (Phi) is 5.65. The van der Waals surface area contributed by atoms with Crippen LogP contribution in [0.4, 0.5) is 15.8 Å². The second-order valence-corrected chi connectivity index (χ2v) is 9.32. The first-order valence-corrected chi connectivity index (χ1v) is 11.5. The SMILES string of the molecule is C[C@@H]1CN(c2ccc(C#N)cc2/C=C\C=N)C[C@@H]2c3ccc(N4C[C@@H](N)[C@H](F)C4)cc3CN12.